The molecule has 1 atom stereocenters. The van der Waals surface area contributed by atoms with Gasteiger partial charge < -0.3 is 10.1 Å². The maximum absolute atomic E-state index is 5.69. The van der Waals surface area contributed by atoms with Crippen molar-refractivity contribution in [1.82, 2.24) is 9.97 Å². The van der Waals surface area contributed by atoms with Crippen LogP contribution in [0, 0.1) is 20.8 Å². The first-order valence-electron chi connectivity index (χ1n) is 6.34. The number of rotatable bonds is 3. The Bertz CT molecular complexity index is 386. The van der Waals surface area contributed by atoms with Crippen LogP contribution >= 0.6 is 0 Å². The van der Waals surface area contributed by atoms with Crippen LogP contribution in [0.1, 0.15) is 36.3 Å². The van der Waals surface area contributed by atoms with Gasteiger partial charge in [-0.3, -0.25) is 0 Å². The molecule has 1 aromatic heterocycles. The van der Waals surface area contributed by atoms with E-state index >= 15 is 0 Å². The van der Waals surface area contributed by atoms with Crippen LogP contribution in [0.25, 0.3) is 0 Å². The molecule has 1 aliphatic heterocycles. The van der Waals surface area contributed by atoms with E-state index in [1.54, 1.807) is 0 Å². The first-order valence-corrected chi connectivity index (χ1v) is 6.34. The lowest BCUT2D eigenvalue weighted by Gasteiger charge is -2.23. The van der Waals surface area contributed by atoms with Crippen molar-refractivity contribution in [2.24, 2.45) is 0 Å². The summed E-state index contributed by atoms with van der Waals surface area (Å²) >= 11 is 0. The maximum atomic E-state index is 5.69. The van der Waals surface area contributed by atoms with Crippen LogP contribution in [0.15, 0.2) is 0 Å². The van der Waals surface area contributed by atoms with E-state index < -0.39 is 0 Å². The Labute approximate surface area is 103 Å². The molecule has 0 amide bonds. The van der Waals surface area contributed by atoms with Crippen LogP contribution in [-0.2, 0) is 4.74 Å². The fraction of sp³-hybridized carbons (Fsp3) is 0.692. The number of hydrogen-bond donors (Lipinski definition) is 1. The Morgan fingerprint density at radius 1 is 1.24 bits per heavy atom. The fourth-order valence-corrected chi connectivity index (χ4v) is 2.12. The summed E-state index contributed by atoms with van der Waals surface area (Å²) in [4.78, 5) is 8.79. The Morgan fingerprint density at radius 3 is 2.76 bits per heavy atom. The second-order valence-corrected chi connectivity index (χ2v) is 4.70. The summed E-state index contributed by atoms with van der Waals surface area (Å²) in [5, 5.41) is 3.39. The van der Waals surface area contributed by atoms with Crippen molar-refractivity contribution >= 4 is 5.82 Å². The van der Waals surface area contributed by atoms with Crippen molar-refractivity contribution in [2.45, 2.75) is 46.1 Å². The van der Waals surface area contributed by atoms with E-state index in [-0.39, 0.29) is 0 Å². The molecule has 0 bridgehead atoms. The molecule has 0 spiro atoms. The molecule has 94 valence electrons. The molecule has 17 heavy (non-hydrogen) atoms. The van der Waals surface area contributed by atoms with Crippen molar-refractivity contribution in [3.63, 3.8) is 0 Å². The van der Waals surface area contributed by atoms with E-state index in [1.807, 2.05) is 13.8 Å². The molecule has 0 saturated carbocycles. The van der Waals surface area contributed by atoms with Gasteiger partial charge in [0, 0.05) is 24.4 Å². The summed E-state index contributed by atoms with van der Waals surface area (Å²) in [6.07, 6.45) is 3.95. The van der Waals surface area contributed by atoms with E-state index in [4.69, 9.17) is 4.74 Å². The number of nitrogens with zero attached hydrogens (tertiary/aromatic N) is 2. The average Bonchev–Trinajstić information content (AvgIpc) is 2.33. The molecule has 0 aromatic carbocycles. The van der Waals surface area contributed by atoms with E-state index in [1.165, 1.54) is 12.8 Å². The molecule has 0 radical (unpaired) electrons. The number of aryl methyl sites for hydroxylation is 2. The highest BCUT2D eigenvalue weighted by Crippen LogP contribution is 2.17. The van der Waals surface area contributed by atoms with E-state index in [9.17, 15) is 0 Å². The zero-order valence-corrected chi connectivity index (χ0v) is 10.9. The summed E-state index contributed by atoms with van der Waals surface area (Å²) in [5.41, 5.74) is 2.18. The minimum absolute atomic E-state index is 0.332. The number of ether oxygens (including phenoxy) is 1. The highest BCUT2D eigenvalue weighted by Gasteiger charge is 2.14. The molecular weight excluding hydrogens is 214 g/mol. The quantitative estimate of drug-likeness (QED) is 0.873. The third-order valence-corrected chi connectivity index (χ3v) is 3.27. The van der Waals surface area contributed by atoms with Crippen LogP contribution in [0.4, 0.5) is 5.82 Å². The maximum Gasteiger partial charge on any atom is 0.132 e. The molecule has 2 rings (SSSR count). The smallest absolute Gasteiger partial charge is 0.132 e. The molecule has 2 heterocycles. The standard InChI is InChI=1S/C13H21N3O/c1-9-10(2)15-11(3)16-13(9)14-8-12-6-4-5-7-17-12/h12H,4-8H2,1-3H3,(H,14,15,16)/t12-/m1/s1. The molecule has 1 aromatic rings. The number of nitrogens with one attached hydrogen (secondary N) is 1. The monoisotopic (exact) mass is 235 g/mol. The average molecular weight is 235 g/mol. The second kappa shape index (κ2) is 5.45. The number of aromatic nitrogens is 2. The van der Waals surface area contributed by atoms with E-state index in [2.05, 4.69) is 22.2 Å². The van der Waals surface area contributed by atoms with Crippen LogP contribution in [0.2, 0.25) is 0 Å². The van der Waals surface area contributed by atoms with Gasteiger partial charge in [-0.1, -0.05) is 0 Å². The Kier molecular flexibility index (Phi) is 3.94. The van der Waals surface area contributed by atoms with Gasteiger partial charge in [-0.25, -0.2) is 9.97 Å². The Balaban J connectivity index is 1.98. The SMILES string of the molecule is Cc1nc(C)c(C)c(NC[C@H]2CCCCO2)n1. The lowest BCUT2D eigenvalue weighted by molar-refractivity contribution is 0.0247. The minimum atomic E-state index is 0.332. The predicted molar refractivity (Wildman–Crippen MR) is 68.3 cm³/mol. The van der Waals surface area contributed by atoms with Crippen molar-refractivity contribution in [1.29, 1.82) is 0 Å². The van der Waals surface area contributed by atoms with Gasteiger partial charge in [0.25, 0.3) is 0 Å². The van der Waals surface area contributed by atoms with Gasteiger partial charge >= 0.3 is 0 Å². The normalized spacial score (nSPS) is 20.3. The van der Waals surface area contributed by atoms with Gasteiger partial charge in [-0.15, -0.1) is 0 Å². The van der Waals surface area contributed by atoms with E-state index in [0.29, 0.717) is 6.10 Å². The van der Waals surface area contributed by atoms with Crippen molar-refractivity contribution in [3.8, 4) is 0 Å². The molecule has 0 aliphatic carbocycles. The van der Waals surface area contributed by atoms with Crippen LogP contribution in [0.3, 0.4) is 0 Å². The van der Waals surface area contributed by atoms with Crippen LogP contribution < -0.4 is 5.32 Å². The van der Waals surface area contributed by atoms with Gasteiger partial charge in [0.1, 0.15) is 11.6 Å². The van der Waals surface area contributed by atoms with Crippen LogP contribution in [-0.4, -0.2) is 29.2 Å². The molecule has 1 N–H and O–H groups in total. The first kappa shape index (κ1) is 12.3. The van der Waals surface area contributed by atoms with Gasteiger partial charge in [0.15, 0.2) is 0 Å². The van der Waals surface area contributed by atoms with Crippen molar-refractivity contribution in [3.05, 3.63) is 17.1 Å². The molecule has 0 unspecified atom stereocenters. The van der Waals surface area contributed by atoms with E-state index in [0.717, 1.165) is 42.5 Å². The lowest BCUT2D eigenvalue weighted by Crippen LogP contribution is -2.27. The van der Waals surface area contributed by atoms with Crippen molar-refractivity contribution in [2.75, 3.05) is 18.5 Å². The Morgan fingerprint density at radius 2 is 2.06 bits per heavy atom. The highest BCUT2D eigenvalue weighted by atomic mass is 16.5. The lowest BCUT2D eigenvalue weighted by atomic mass is 10.1. The zero-order chi connectivity index (χ0) is 12.3. The third kappa shape index (κ3) is 3.16. The predicted octanol–water partition coefficient (Wildman–Crippen LogP) is 2.38. The van der Waals surface area contributed by atoms with Gasteiger partial charge in [0.2, 0.25) is 0 Å². The zero-order valence-electron chi connectivity index (χ0n) is 10.9. The summed E-state index contributed by atoms with van der Waals surface area (Å²) in [6.45, 7) is 7.74. The second-order valence-electron chi connectivity index (χ2n) is 4.70. The third-order valence-electron chi connectivity index (χ3n) is 3.27. The Hall–Kier alpha value is -1.16. The van der Waals surface area contributed by atoms with Crippen molar-refractivity contribution < 1.29 is 4.74 Å². The molecule has 4 nitrogen and oxygen atoms in total. The van der Waals surface area contributed by atoms with Gasteiger partial charge in [0.05, 0.1) is 6.10 Å². The largest absolute Gasteiger partial charge is 0.376 e. The molecular formula is C13H21N3O. The number of hydrogen-bond acceptors (Lipinski definition) is 4. The summed E-state index contributed by atoms with van der Waals surface area (Å²) in [6, 6.07) is 0. The summed E-state index contributed by atoms with van der Waals surface area (Å²) < 4.78 is 5.69. The first-order chi connectivity index (χ1) is 8.16. The fourth-order valence-electron chi connectivity index (χ4n) is 2.12. The molecule has 1 saturated heterocycles. The van der Waals surface area contributed by atoms with Gasteiger partial charge in [-0.05, 0) is 40.0 Å². The number of anilines is 1. The molecule has 1 aliphatic rings. The minimum Gasteiger partial charge on any atom is -0.376 e. The topological polar surface area (TPSA) is 47.0 Å². The highest BCUT2D eigenvalue weighted by molar-refractivity contribution is 5.45. The molecule has 1 fully saturated rings. The van der Waals surface area contributed by atoms with Gasteiger partial charge in [-0.2, -0.15) is 0 Å². The molecule has 4 heteroatoms. The summed E-state index contributed by atoms with van der Waals surface area (Å²) in [7, 11) is 0. The van der Waals surface area contributed by atoms with Crippen LogP contribution in [0.5, 0.6) is 0 Å². The summed E-state index contributed by atoms with van der Waals surface area (Å²) in [5.74, 6) is 1.77.